The predicted molar refractivity (Wildman–Crippen MR) is 68.5 cm³/mol. The largest absolute Gasteiger partial charge is 0.348 e. The predicted octanol–water partition coefficient (Wildman–Crippen LogP) is 3.04. The van der Waals surface area contributed by atoms with E-state index in [-0.39, 0.29) is 17.9 Å². The number of hydrogen-bond donors (Lipinski definition) is 1. The normalized spacial score (nSPS) is 17.6. The highest BCUT2D eigenvalue weighted by Gasteiger charge is 2.26. The molecular formula is C13H16BrNO. The molecule has 1 aromatic rings. The Morgan fingerprint density at radius 2 is 2.06 bits per heavy atom. The minimum atomic E-state index is 0.0919. The topological polar surface area (TPSA) is 29.1 Å². The number of benzene rings is 1. The summed E-state index contributed by atoms with van der Waals surface area (Å²) in [6.45, 7) is 0. The van der Waals surface area contributed by atoms with E-state index in [1.54, 1.807) is 0 Å². The van der Waals surface area contributed by atoms with Gasteiger partial charge in [0.25, 0.3) is 0 Å². The Morgan fingerprint density at radius 1 is 1.38 bits per heavy atom. The van der Waals surface area contributed by atoms with Crippen LogP contribution in [0.25, 0.3) is 0 Å². The Labute approximate surface area is 105 Å². The lowest BCUT2D eigenvalue weighted by Crippen LogP contribution is -2.37. The molecule has 1 fully saturated rings. The lowest BCUT2D eigenvalue weighted by Gasteiger charge is -2.27. The summed E-state index contributed by atoms with van der Waals surface area (Å²) in [6.07, 6.45) is 3.30. The van der Waals surface area contributed by atoms with Gasteiger partial charge in [0, 0.05) is 11.2 Å². The quantitative estimate of drug-likeness (QED) is 0.845. The van der Waals surface area contributed by atoms with E-state index >= 15 is 0 Å². The van der Waals surface area contributed by atoms with Gasteiger partial charge in [0.15, 0.2) is 0 Å². The number of rotatable bonds is 4. The first-order valence-electron chi connectivity index (χ1n) is 5.72. The maximum absolute atomic E-state index is 11.8. The molecule has 3 heteroatoms. The van der Waals surface area contributed by atoms with Gasteiger partial charge in [0.1, 0.15) is 0 Å². The fourth-order valence-corrected chi connectivity index (χ4v) is 2.39. The van der Waals surface area contributed by atoms with E-state index in [0.717, 1.165) is 23.7 Å². The summed E-state index contributed by atoms with van der Waals surface area (Å²) in [6, 6.07) is 10.2. The zero-order valence-electron chi connectivity index (χ0n) is 9.16. The molecule has 0 aromatic heterocycles. The lowest BCUT2D eigenvalue weighted by molar-refractivity contribution is -0.128. The molecule has 0 radical (unpaired) electrons. The Balaban J connectivity index is 1.97. The highest BCUT2D eigenvalue weighted by atomic mass is 79.9. The van der Waals surface area contributed by atoms with E-state index in [2.05, 4.69) is 21.2 Å². The number of halogens is 1. The third kappa shape index (κ3) is 2.64. The van der Waals surface area contributed by atoms with Gasteiger partial charge in [0.05, 0.1) is 6.04 Å². The van der Waals surface area contributed by atoms with Crippen molar-refractivity contribution in [1.29, 1.82) is 0 Å². The van der Waals surface area contributed by atoms with E-state index in [1.807, 2.05) is 30.3 Å². The van der Waals surface area contributed by atoms with Crippen molar-refractivity contribution in [3.8, 4) is 0 Å². The molecule has 1 aromatic carbocycles. The molecule has 2 nitrogen and oxygen atoms in total. The van der Waals surface area contributed by atoms with Crippen molar-refractivity contribution in [2.45, 2.75) is 25.3 Å². The standard InChI is InChI=1S/C13H16BrNO/c14-9-12(10-5-2-1-3-6-10)15-13(16)11-7-4-8-11/h1-3,5-6,11-12H,4,7-9H2,(H,15,16). The SMILES string of the molecule is O=C(NC(CBr)c1ccccc1)C1CCC1. The summed E-state index contributed by atoms with van der Waals surface area (Å²) in [5.41, 5.74) is 1.16. The van der Waals surface area contributed by atoms with Crippen LogP contribution in [0, 0.1) is 5.92 Å². The second-order valence-corrected chi connectivity index (χ2v) is 4.90. The molecule has 1 amide bonds. The van der Waals surface area contributed by atoms with Gasteiger partial charge < -0.3 is 5.32 Å². The zero-order chi connectivity index (χ0) is 11.4. The first-order chi connectivity index (χ1) is 7.81. The van der Waals surface area contributed by atoms with Crippen LogP contribution in [0.15, 0.2) is 30.3 Å². The Kier molecular flexibility index (Phi) is 3.99. The van der Waals surface area contributed by atoms with E-state index in [4.69, 9.17) is 0 Å². The maximum Gasteiger partial charge on any atom is 0.223 e. The van der Waals surface area contributed by atoms with Crippen LogP contribution in [0.5, 0.6) is 0 Å². The average molecular weight is 282 g/mol. The first kappa shape index (κ1) is 11.6. The number of hydrogen-bond acceptors (Lipinski definition) is 1. The summed E-state index contributed by atoms with van der Waals surface area (Å²) in [4.78, 5) is 11.8. The average Bonchev–Trinajstić information content (AvgIpc) is 2.24. The molecule has 1 N–H and O–H groups in total. The zero-order valence-corrected chi connectivity index (χ0v) is 10.7. The van der Waals surface area contributed by atoms with Gasteiger partial charge in [-0.2, -0.15) is 0 Å². The van der Waals surface area contributed by atoms with Crippen molar-refractivity contribution in [1.82, 2.24) is 5.32 Å². The summed E-state index contributed by atoms with van der Waals surface area (Å²) >= 11 is 3.46. The van der Waals surface area contributed by atoms with Crippen LogP contribution in [0.3, 0.4) is 0 Å². The molecule has 2 rings (SSSR count). The van der Waals surface area contributed by atoms with Crippen LogP contribution in [-0.4, -0.2) is 11.2 Å². The van der Waals surface area contributed by atoms with Crippen LogP contribution >= 0.6 is 15.9 Å². The van der Waals surface area contributed by atoms with Crippen molar-refractivity contribution in [2.75, 3.05) is 5.33 Å². The molecule has 0 bridgehead atoms. The van der Waals surface area contributed by atoms with E-state index in [9.17, 15) is 4.79 Å². The second-order valence-electron chi connectivity index (χ2n) is 4.25. The fraction of sp³-hybridized carbons (Fsp3) is 0.462. The van der Waals surface area contributed by atoms with Crippen LogP contribution < -0.4 is 5.32 Å². The molecule has 1 atom stereocenters. The molecule has 1 aliphatic rings. The maximum atomic E-state index is 11.8. The van der Waals surface area contributed by atoms with Gasteiger partial charge in [0.2, 0.25) is 5.91 Å². The van der Waals surface area contributed by atoms with E-state index in [1.165, 1.54) is 6.42 Å². The highest BCUT2D eigenvalue weighted by molar-refractivity contribution is 9.09. The number of carbonyl (C=O) groups is 1. The van der Waals surface area contributed by atoms with Crippen molar-refractivity contribution < 1.29 is 4.79 Å². The third-order valence-corrected chi connectivity index (χ3v) is 3.80. The molecule has 0 heterocycles. The summed E-state index contributed by atoms with van der Waals surface area (Å²) < 4.78 is 0. The molecule has 86 valence electrons. The number of carbonyl (C=O) groups excluding carboxylic acids is 1. The lowest BCUT2D eigenvalue weighted by atomic mass is 9.84. The van der Waals surface area contributed by atoms with Crippen molar-refractivity contribution in [2.24, 2.45) is 5.92 Å². The minimum Gasteiger partial charge on any atom is -0.348 e. The van der Waals surface area contributed by atoms with Gasteiger partial charge in [-0.05, 0) is 18.4 Å². The molecule has 0 spiro atoms. The fourth-order valence-electron chi connectivity index (χ4n) is 1.86. The Hall–Kier alpha value is -0.830. The van der Waals surface area contributed by atoms with Crippen LogP contribution in [0.2, 0.25) is 0 Å². The smallest absolute Gasteiger partial charge is 0.223 e. The molecule has 16 heavy (non-hydrogen) atoms. The molecule has 0 saturated heterocycles. The van der Waals surface area contributed by atoms with Crippen molar-refractivity contribution in [3.05, 3.63) is 35.9 Å². The van der Waals surface area contributed by atoms with Crippen LogP contribution in [0.1, 0.15) is 30.9 Å². The third-order valence-electron chi connectivity index (χ3n) is 3.15. The minimum absolute atomic E-state index is 0.0919. The number of nitrogens with one attached hydrogen (secondary N) is 1. The van der Waals surface area contributed by atoms with Gasteiger partial charge in [-0.1, -0.05) is 52.7 Å². The number of amides is 1. The van der Waals surface area contributed by atoms with E-state index in [0.29, 0.717) is 0 Å². The monoisotopic (exact) mass is 281 g/mol. The molecule has 0 aliphatic heterocycles. The van der Waals surface area contributed by atoms with E-state index < -0.39 is 0 Å². The molecule has 1 saturated carbocycles. The summed E-state index contributed by atoms with van der Waals surface area (Å²) in [5.74, 6) is 0.463. The van der Waals surface area contributed by atoms with Gasteiger partial charge in [-0.25, -0.2) is 0 Å². The Morgan fingerprint density at radius 3 is 2.56 bits per heavy atom. The molecule has 1 unspecified atom stereocenters. The Bertz CT molecular complexity index is 348. The van der Waals surface area contributed by atoms with Gasteiger partial charge >= 0.3 is 0 Å². The van der Waals surface area contributed by atoms with Gasteiger partial charge in [-0.15, -0.1) is 0 Å². The summed E-state index contributed by atoms with van der Waals surface area (Å²) in [5, 5.41) is 3.86. The molecular weight excluding hydrogens is 266 g/mol. The number of alkyl halides is 1. The summed E-state index contributed by atoms with van der Waals surface area (Å²) in [7, 11) is 0. The second kappa shape index (κ2) is 5.48. The highest BCUT2D eigenvalue weighted by Crippen LogP contribution is 2.27. The van der Waals surface area contributed by atoms with Crippen molar-refractivity contribution in [3.63, 3.8) is 0 Å². The first-order valence-corrected chi connectivity index (χ1v) is 6.84. The van der Waals surface area contributed by atoms with Gasteiger partial charge in [-0.3, -0.25) is 4.79 Å². The molecule has 1 aliphatic carbocycles. The van der Waals surface area contributed by atoms with Crippen molar-refractivity contribution >= 4 is 21.8 Å². The van der Waals surface area contributed by atoms with Crippen LogP contribution in [0.4, 0.5) is 0 Å². The van der Waals surface area contributed by atoms with Crippen LogP contribution in [-0.2, 0) is 4.79 Å².